The lowest BCUT2D eigenvalue weighted by atomic mass is 10.1. The summed E-state index contributed by atoms with van der Waals surface area (Å²) in [6.07, 6.45) is 7.25. The molecule has 5 heterocycles. The van der Waals surface area contributed by atoms with Gasteiger partial charge in [0.2, 0.25) is 0 Å². The predicted molar refractivity (Wildman–Crippen MR) is 139 cm³/mol. The van der Waals surface area contributed by atoms with Crippen molar-refractivity contribution in [2.45, 2.75) is 44.1 Å². The molecule has 12 nitrogen and oxygen atoms in total. The zero-order valence-electron chi connectivity index (χ0n) is 20.6. The first-order chi connectivity index (χ1) is 18.9. The summed E-state index contributed by atoms with van der Waals surface area (Å²) in [4.78, 5) is 35.2. The van der Waals surface area contributed by atoms with Crippen LogP contribution in [0, 0.1) is 5.82 Å². The number of anilines is 1. The quantitative estimate of drug-likeness (QED) is 0.337. The van der Waals surface area contributed by atoms with Gasteiger partial charge in [-0.1, -0.05) is 18.5 Å². The van der Waals surface area contributed by atoms with E-state index >= 15 is 4.39 Å². The number of nitrogens with zero attached hydrogens (tertiary/aromatic N) is 9. The van der Waals surface area contributed by atoms with Crippen molar-refractivity contribution in [1.82, 2.24) is 49.7 Å². The summed E-state index contributed by atoms with van der Waals surface area (Å²) in [7, 11) is 0. The van der Waals surface area contributed by atoms with Crippen LogP contribution in [0.4, 0.5) is 10.2 Å². The fraction of sp³-hybridized carbons (Fsp3) is 0.280. The molecule has 39 heavy (non-hydrogen) atoms. The minimum absolute atomic E-state index is 0.0424. The van der Waals surface area contributed by atoms with Gasteiger partial charge in [0, 0.05) is 17.9 Å². The maximum absolute atomic E-state index is 15.3. The lowest BCUT2D eigenvalue weighted by molar-refractivity contribution is 0.555. The second kappa shape index (κ2) is 8.76. The average Bonchev–Trinajstić information content (AvgIpc) is 3.27. The molecule has 1 saturated carbocycles. The normalized spacial score (nSPS) is 18.4. The molecule has 0 saturated heterocycles. The van der Waals surface area contributed by atoms with Gasteiger partial charge in [-0.3, -0.25) is 9.36 Å². The van der Waals surface area contributed by atoms with Gasteiger partial charge in [-0.15, -0.1) is 5.10 Å². The fourth-order valence-corrected chi connectivity index (χ4v) is 5.37. The van der Waals surface area contributed by atoms with E-state index in [0.29, 0.717) is 46.9 Å². The molecule has 3 N–H and O–H groups in total. The summed E-state index contributed by atoms with van der Waals surface area (Å²) in [5.41, 5.74) is 8.33. The maximum Gasteiger partial charge on any atom is 0.254 e. The molecule has 1 aromatic carbocycles. The largest absolute Gasteiger partial charge is 0.382 e. The van der Waals surface area contributed by atoms with Crippen molar-refractivity contribution in [3.05, 3.63) is 75.5 Å². The molecule has 196 valence electrons. The Labute approximate surface area is 225 Å². The summed E-state index contributed by atoms with van der Waals surface area (Å²) < 4.78 is 18.3. The summed E-state index contributed by atoms with van der Waals surface area (Å²) in [6.45, 7) is 1.97. The number of hydrogen-bond donors (Lipinski definition) is 2. The molecule has 1 aliphatic carbocycles. The van der Waals surface area contributed by atoms with E-state index < -0.39 is 5.82 Å². The Morgan fingerprint density at radius 3 is 2.79 bits per heavy atom. The number of hydrogen-bond acceptors (Lipinski definition) is 9. The van der Waals surface area contributed by atoms with E-state index in [-0.39, 0.29) is 33.8 Å². The van der Waals surface area contributed by atoms with Crippen LogP contribution in [0.2, 0.25) is 5.02 Å². The van der Waals surface area contributed by atoms with E-state index in [1.807, 2.05) is 6.92 Å². The van der Waals surface area contributed by atoms with Crippen molar-refractivity contribution in [3.63, 3.8) is 0 Å². The highest BCUT2D eigenvalue weighted by Gasteiger charge is 2.35. The van der Waals surface area contributed by atoms with Crippen molar-refractivity contribution in [3.8, 4) is 28.3 Å². The van der Waals surface area contributed by atoms with Crippen molar-refractivity contribution >= 4 is 17.4 Å². The van der Waals surface area contributed by atoms with Gasteiger partial charge in [-0.05, 0) is 41.8 Å². The number of halogens is 2. The molecule has 2 aliphatic rings. The number of aromatic nitrogens is 10. The lowest BCUT2D eigenvalue weighted by Gasteiger charge is -2.15. The number of H-pyrrole nitrogens is 1. The lowest BCUT2D eigenvalue weighted by Crippen LogP contribution is -2.25. The van der Waals surface area contributed by atoms with Gasteiger partial charge in [-0.2, -0.15) is 4.68 Å². The van der Waals surface area contributed by atoms with Crippen molar-refractivity contribution in [1.29, 1.82) is 0 Å². The summed E-state index contributed by atoms with van der Waals surface area (Å²) in [5.74, 6) is 1.03. The first-order valence-corrected chi connectivity index (χ1v) is 12.8. The number of rotatable bonds is 5. The minimum atomic E-state index is -0.713. The highest BCUT2D eigenvalue weighted by Crippen LogP contribution is 2.43. The van der Waals surface area contributed by atoms with Gasteiger partial charge in [0.15, 0.2) is 5.82 Å². The van der Waals surface area contributed by atoms with Crippen LogP contribution in [0.3, 0.4) is 0 Å². The molecular formula is C25H21ClFN11O. The van der Waals surface area contributed by atoms with Gasteiger partial charge in [0.25, 0.3) is 5.56 Å². The number of nitrogens with two attached hydrogens (primary N) is 1. The van der Waals surface area contributed by atoms with Crippen LogP contribution in [-0.4, -0.2) is 49.7 Å². The van der Waals surface area contributed by atoms with Crippen molar-refractivity contribution in [2.75, 3.05) is 5.73 Å². The molecular weight excluding hydrogens is 525 g/mol. The van der Waals surface area contributed by atoms with Gasteiger partial charge in [0.1, 0.15) is 29.5 Å². The second-order valence-electron chi connectivity index (χ2n) is 9.86. The molecule has 14 heteroatoms. The Balaban J connectivity index is 1.30. The Kier molecular flexibility index (Phi) is 5.30. The highest BCUT2D eigenvalue weighted by molar-refractivity contribution is 6.31. The Bertz CT molecular complexity index is 1790. The molecule has 1 fully saturated rings. The number of imidazole rings is 1. The predicted octanol–water partition coefficient (Wildman–Crippen LogP) is 3.41. The fourth-order valence-electron chi connectivity index (χ4n) is 5.22. The topological polar surface area (TPSA) is 159 Å². The monoisotopic (exact) mass is 545 g/mol. The second-order valence-corrected chi connectivity index (χ2v) is 10.3. The average molecular weight is 546 g/mol. The van der Waals surface area contributed by atoms with E-state index in [9.17, 15) is 4.79 Å². The van der Waals surface area contributed by atoms with Crippen LogP contribution in [0.25, 0.3) is 28.3 Å². The van der Waals surface area contributed by atoms with E-state index in [1.165, 1.54) is 29.3 Å². The van der Waals surface area contributed by atoms with Gasteiger partial charge >= 0.3 is 0 Å². The van der Waals surface area contributed by atoms with Crippen LogP contribution < -0.4 is 11.3 Å². The van der Waals surface area contributed by atoms with E-state index in [4.69, 9.17) is 22.3 Å². The van der Waals surface area contributed by atoms with Crippen LogP contribution >= 0.6 is 11.6 Å². The third kappa shape index (κ3) is 3.88. The number of fused-ring (bicyclic) bond motifs is 1. The molecule has 0 bridgehead atoms. The Hall–Kier alpha value is -4.52. The van der Waals surface area contributed by atoms with Crippen LogP contribution in [-0.2, 0) is 0 Å². The first-order valence-electron chi connectivity index (χ1n) is 12.4. The van der Waals surface area contributed by atoms with Crippen LogP contribution in [0.5, 0.6) is 0 Å². The smallest absolute Gasteiger partial charge is 0.254 e. The van der Waals surface area contributed by atoms with Gasteiger partial charge in [-0.25, -0.2) is 24.3 Å². The summed E-state index contributed by atoms with van der Waals surface area (Å²) in [6, 6.07) is 3.91. The number of aromatic amines is 1. The maximum atomic E-state index is 15.3. The van der Waals surface area contributed by atoms with Crippen LogP contribution in [0.15, 0.2) is 41.7 Å². The molecule has 4 aromatic heterocycles. The SMILES string of the molecule is C[C@H]1C[C@H](c2ncc(-c3ncc(N)nc3C3CC3)[nH]2)n2c1nc(-c1c(-n3cnnn3)ccc(Cl)c1F)cc2=O. The van der Waals surface area contributed by atoms with Crippen molar-refractivity contribution in [2.24, 2.45) is 0 Å². The van der Waals surface area contributed by atoms with E-state index in [2.05, 4.69) is 35.5 Å². The highest BCUT2D eigenvalue weighted by atomic mass is 35.5. The molecule has 5 aromatic rings. The van der Waals surface area contributed by atoms with E-state index in [0.717, 1.165) is 18.5 Å². The summed E-state index contributed by atoms with van der Waals surface area (Å²) in [5, 5.41) is 11.0. The number of nitrogens with one attached hydrogen (secondary N) is 1. The zero-order chi connectivity index (χ0) is 26.8. The molecule has 2 atom stereocenters. The Morgan fingerprint density at radius 2 is 2.03 bits per heavy atom. The molecule has 0 spiro atoms. The number of nitrogen functional groups attached to an aromatic ring is 1. The number of tetrazole rings is 1. The Morgan fingerprint density at radius 1 is 1.18 bits per heavy atom. The summed E-state index contributed by atoms with van der Waals surface area (Å²) >= 11 is 6.11. The van der Waals surface area contributed by atoms with Gasteiger partial charge in [0.05, 0.1) is 51.8 Å². The molecule has 7 rings (SSSR count). The number of benzene rings is 1. The van der Waals surface area contributed by atoms with Crippen molar-refractivity contribution < 1.29 is 4.39 Å². The molecule has 1 aliphatic heterocycles. The third-order valence-electron chi connectivity index (χ3n) is 7.18. The third-order valence-corrected chi connectivity index (χ3v) is 7.47. The molecule has 0 amide bonds. The minimum Gasteiger partial charge on any atom is -0.382 e. The standard InChI is InChI=1S/C25H21ClFN11O/c1-11-6-17(24-30-8-15(32-24)23-22(12-2-3-12)34-18(28)9-29-23)38-19(39)7-14(33-25(11)38)20-16(37-10-31-35-36-37)5-4-13(26)21(20)27/h4-5,7-12,17H,2-3,6H2,1H3,(H2,28,34)(H,30,32)/t11-,17+/m0/s1. The molecule has 0 radical (unpaired) electrons. The van der Waals surface area contributed by atoms with Crippen LogP contribution in [0.1, 0.15) is 61.4 Å². The zero-order valence-corrected chi connectivity index (χ0v) is 21.3. The van der Waals surface area contributed by atoms with E-state index in [1.54, 1.807) is 16.8 Å². The molecule has 0 unspecified atom stereocenters. The first kappa shape index (κ1) is 23.6. The van der Waals surface area contributed by atoms with Gasteiger partial charge < -0.3 is 10.7 Å².